The summed E-state index contributed by atoms with van der Waals surface area (Å²) in [7, 11) is 0. The minimum atomic E-state index is -0.682. The lowest BCUT2D eigenvalue weighted by atomic mass is 10.2. The van der Waals surface area contributed by atoms with E-state index in [1.165, 1.54) is 6.92 Å². The van der Waals surface area contributed by atoms with E-state index in [-0.39, 0.29) is 18.9 Å². The molecule has 0 aliphatic heterocycles. The van der Waals surface area contributed by atoms with E-state index >= 15 is 0 Å². The van der Waals surface area contributed by atoms with Gasteiger partial charge < -0.3 is 15.8 Å². The Kier molecular flexibility index (Phi) is 5.16. The van der Waals surface area contributed by atoms with E-state index in [0.717, 1.165) is 5.56 Å². The largest absolute Gasteiger partial charge is 0.445 e. The highest BCUT2D eigenvalue weighted by molar-refractivity contribution is 5.85. The molecule has 0 spiro atoms. The van der Waals surface area contributed by atoms with E-state index in [0.29, 0.717) is 0 Å². The van der Waals surface area contributed by atoms with Crippen LogP contribution in [0.1, 0.15) is 12.5 Å². The molecule has 1 aromatic carbocycles. The Morgan fingerprint density at radius 3 is 2.53 bits per heavy atom. The minimum absolute atomic E-state index is 0.0652. The van der Waals surface area contributed by atoms with E-state index in [4.69, 9.17) is 10.5 Å². The summed E-state index contributed by atoms with van der Waals surface area (Å²) in [6, 6.07) is 8.60. The maximum Gasteiger partial charge on any atom is 0.408 e. The van der Waals surface area contributed by atoms with Crippen LogP contribution < -0.4 is 11.1 Å². The van der Waals surface area contributed by atoms with Crippen molar-refractivity contribution in [3.8, 4) is 0 Å². The third kappa shape index (κ3) is 4.65. The number of nitrogens with two attached hydrogens (primary N) is 1. The summed E-state index contributed by atoms with van der Waals surface area (Å²) in [6.07, 6.45) is -0.639. The number of ether oxygens (including phenoxy) is 1. The van der Waals surface area contributed by atoms with Crippen LogP contribution >= 0.6 is 0 Å². The molecule has 0 aliphatic carbocycles. The average molecular weight is 236 g/mol. The van der Waals surface area contributed by atoms with Crippen molar-refractivity contribution in [1.82, 2.24) is 5.32 Å². The first-order chi connectivity index (χ1) is 8.13. The van der Waals surface area contributed by atoms with Gasteiger partial charge in [0, 0.05) is 6.54 Å². The molecule has 0 bridgehead atoms. The summed E-state index contributed by atoms with van der Waals surface area (Å²) in [5.74, 6) is -0.191. The first-order valence-corrected chi connectivity index (χ1v) is 5.31. The molecular formula is C12H16N2O3. The van der Waals surface area contributed by atoms with E-state index in [9.17, 15) is 9.59 Å². The van der Waals surface area contributed by atoms with E-state index < -0.39 is 12.1 Å². The molecule has 0 aliphatic rings. The molecule has 0 aromatic heterocycles. The Balaban J connectivity index is 2.37. The number of carbonyl (C=O) groups is 2. The second-order valence-corrected chi connectivity index (χ2v) is 3.61. The van der Waals surface area contributed by atoms with Crippen LogP contribution in [-0.2, 0) is 16.1 Å². The quantitative estimate of drug-likeness (QED) is 0.793. The van der Waals surface area contributed by atoms with Crippen molar-refractivity contribution in [2.75, 3.05) is 6.54 Å². The zero-order valence-electron chi connectivity index (χ0n) is 9.68. The molecule has 0 fully saturated rings. The smallest absolute Gasteiger partial charge is 0.408 e. The third-order valence-electron chi connectivity index (χ3n) is 2.23. The molecular weight excluding hydrogens is 220 g/mol. The van der Waals surface area contributed by atoms with Crippen molar-refractivity contribution < 1.29 is 14.3 Å². The second kappa shape index (κ2) is 6.65. The fourth-order valence-corrected chi connectivity index (χ4v) is 1.23. The Hall–Kier alpha value is -1.88. The lowest BCUT2D eigenvalue weighted by molar-refractivity contribution is -0.118. The van der Waals surface area contributed by atoms with Gasteiger partial charge in [0.15, 0.2) is 5.78 Å². The Morgan fingerprint density at radius 2 is 2.00 bits per heavy atom. The summed E-state index contributed by atoms with van der Waals surface area (Å²) >= 11 is 0. The lowest BCUT2D eigenvalue weighted by Gasteiger charge is -2.13. The van der Waals surface area contributed by atoms with Gasteiger partial charge in [-0.25, -0.2) is 4.79 Å². The highest BCUT2D eigenvalue weighted by atomic mass is 16.5. The summed E-state index contributed by atoms with van der Waals surface area (Å²) in [5.41, 5.74) is 6.22. The molecule has 0 saturated carbocycles. The molecule has 5 nitrogen and oxygen atoms in total. The van der Waals surface area contributed by atoms with Gasteiger partial charge in [-0.1, -0.05) is 30.3 Å². The summed E-state index contributed by atoms with van der Waals surface area (Å²) in [4.78, 5) is 22.4. The van der Waals surface area contributed by atoms with Gasteiger partial charge in [-0.2, -0.15) is 0 Å². The van der Waals surface area contributed by atoms with Gasteiger partial charge in [-0.3, -0.25) is 4.79 Å². The predicted octanol–water partition coefficient (Wildman–Crippen LogP) is 0.829. The topological polar surface area (TPSA) is 81.4 Å². The number of ketones is 1. The van der Waals surface area contributed by atoms with Gasteiger partial charge in [-0.05, 0) is 12.5 Å². The number of rotatable bonds is 5. The molecule has 3 N–H and O–H groups in total. The van der Waals surface area contributed by atoms with Crippen LogP contribution in [0.3, 0.4) is 0 Å². The van der Waals surface area contributed by atoms with Crippen molar-refractivity contribution in [3.63, 3.8) is 0 Å². The number of hydrogen-bond donors (Lipinski definition) is 2. The van der Waals surface area contributed by atoms with E-state index in [1.807, 2.05) is 30.3 Å². The molecule has 1 amide bonds. The SMILES string of the molecule is CC(=O)[C@H](CN)NC(=O)OCc1ccccc1. The Morgan fingerprint density at radius 1 is 1.35 bits per heavy atom. The average Bonchev–Trinajstić information content (AvgIpc) is 2.34. The predicted molar refractivity (Wildman–Crippen MR) is 63.3 cm³/mol. The molecule has 1 atom stereocenters. The van der Waals surface area contributed by atoms with E-state index in [1.54, 1.807) is 0 Å². The van der Waals surface area contributed by atoms with Crippen LogP contribution in [0.25, 0.3) is 0 Å². The molecule has 0 heterocycles. The van der Waals surface area contributed by atoms with Crippen molar-refractivity contribution in [3.05, 3.63) is 35.9 Å². The Labute approximate surface area is 99.9 Å². The minimum Gasteiger partial charge on any atom is -0.445 e. The first-order valence-electron chi connectivity index (χ1n) is 5.31. The molecule has 0 radical (unpaired) electrons. The van der Waals surface area contributed by atoms with Crippen molar-refractivity contribution in [2.45, 2.75) is 19.6 Å². The molecule has 1 aromatic rings. The second-order valence-electron chi connectivity index (χ2n) is 3.61. The maximum atomic E-state index is 11.3. The molecule has 5 heteroatoms. The molecule has 17 heavy (non-hydrogen) atoms. The van der Waals surface area contributed by atoms with Crippen molar-refractivity contribution in [1.29, 1.82) is 0 Å². The van der Waals surface area contributed by atoms with Crippen LogP contribution in [-0.4, -0.2) is 24.5 Å². The fourth-order valence-electron chi connectivity index (χ4n) is 1.23. The van der Waals surface area contributed by atoms with Gasteiger partial charge in [0.25, 0.3) is 0 Å². The Bertz CT molecular complexity index is 379. The van der Waals surface area contributed by atoms with Crippen molar-refractivity contribution >= 4 is 11.9 Å². The van der Waals surface area contributed by atoms with Gasteiger partial charge in [0.2, 0.25) is 0 Å². The summed E-state index contributed by atoms with van der Waals surface area (Å²) < 4.78 is 4.95. The monoisotopic (exact) mass is 236 g/mol. The summed E-state index contributed by atoms with van der Waals surface area (Å²) in [6.45, 7) is 1.60. The zero-order chi connectivity index (χ0) is 12.7. The van der Waals surface area contributed by atoms with E-state index in [2.05, 4.69) is 5.32 Å². The normalized spacial score (nSPS) is 11.6. The van der Waals surface area contributed by atoms with Crippen molar-refractivity contribution in [2.24, 2.45) is 5.73 Å². The van der Waals surface area contributed by atoms with Gasteiger partial charge in [0.05, 0.1) is 0 Å². The van der Waals surface area contributed by atoms with Crippen LogP contribution in [0.4, 0.5) is 4.79 Å². The zero-order valence-corrected chi connectivity index (χ0v) is 9.68. The lowest BCUT2D eigenvalue weighted by Crippen LogP contribution is -2.44. The van der Waals surface area contributed by atoms with Crippen LogP contribution in [0.2, 0.25) is 0 Å². The van der Waals surface area contributed by atoms with Crippen LogP contribution in [0, 0.1) is 0 Å². The van der Waals surface area contributed by atoms with Crippen LogP contribution in [0.5, 0.6) is 0 Å². The summed E-state index contributed by atoms with van der Waals surface area (Å²) in [5, 5.41) is 2.40. The standard InChI is InChI=1S/C12H16N2O3/c1-9(15)11(7-13)14-12(16)17-8-10-5-3-2-4-6-10/h2-6,11H,7-8,13H2,1H3,(H,14,16)/t11-/m0/s1. The number of carbonyl (C=O) groups excluding carboxylic acids is 2. The fraction of sp³-hybridized carbons (Fsp3) is 0.333. The van der Waals surface area contributed by atoms with Gasteiger partial charge in [0.1, 0.15) is 12.6 Å². The number of Topliss-reactive ketones (excluding diaryl/α,β-unsaturated/α-hetero) is 1. The number of benzene rings is 1. The maximum absolute atomic E-state index is 11.3. The first kappa shape index (κ1) is 13.2. The molecule has 1 rings (SSSR count). The highest BCUT2D eigenvalue weighted by Crippen LogP contribution is 2.00. The third-order valence-corrected chi connectivity index (χ3v) is 2.23. The number of alkyl carbamates (subject to hydrolysis) is 1. The van der Waals surface area contributed by atoms with Gasteiger partial charge >= 0.3 is 6.09 Å². The number of hydrogen-bond acceptors (Lipinski definition) is 4. The highest BCUT2D eigenvalue weighted by Gasteiger charge is 2.15. The number of amides is 1. The molecule has 92 valence electrons. The van der Waals surface area contributed by atoms with Crippen LogP contribution in [0.15, 0.2) is 30.3 Å². The number of nitrogens with one attached hydrogen (secondary N) is 1. The molecule has 0 saturated heterocycles. The molecule has 0 unspecified atom stereocenters. The van der Waals surface area contributed by atoms with Gasteiger partial charge in [-0.15, -0.1) is 0 Å².